The number of Topliss-reactive ketones (excluding diaryl/α,β-unsaturated/α-hetero) is 1. The molecule has 0 spiro atoms. The van der Waals surface area contributed by atoms with Crippen molar-refractivity contribution in [3.63, 3.8) is 0 Å². The summed E-state index contributed by atoms with van der Waals surface area (Å²) in [5.74, 6) is 0.0810. The zero-order chi connectivity index (χ0) is 8.97. The maximum atomic E-state index is 11.3. The molecule has 0 aromatic carbocycles. The Labute approximate surface area is 71.6 Å². The van der Waals surface area contributed by atoms with Gasteiger partial charge in [-0.25, -0.2) is 0 Å². The van der Waals surface area contributed by atoms with Gasteiger partial charge in [0.25, 0.3) is 0 Å². The normalized spacial score (nSPS) is 9.75. The Balaban J connectivity index is 2.75. The number of nitrogen functional groups attached to an aromatic ring is 1. The first-order valence-corrected chi connectivity index (χ1v) is 3.98. The van der Waals surface area contributed by atoms with Gasteiger partial charge in [-0.15, -0.1) is 0 Å². The van der Waals surface area contributed by atoms with Gasteiger partial charge in [-0.1, -0.05) is 6.92 Å². The number of hydrogen-bond donors (Lipinski definition) is 1. The predicted molar refractivity (Wildman–Crippen MR) is 47.9 cm³/mol. The molecule has 0 saturated carbocycles. The minimum atomic E-state index is 0.0810. The van der Waals surface area contributed by atoms with Crippen molar-refractivity contribution in [1.82, 2.24) is 4.98 Å². The molecule has 0 atom stereocenters. The minimum Gasteiger partial charge on any atom is -0.397 e. The molecule has 64 valence electrons. The van der Waals surface area contributed by atoms with Crippen molar-refractivity contribution in [1.29, 1.82) is 0 Å². The highest BCUT2D eigenvalue weighted by atomic mass is 16.1. The molecular formula is C9H12N2O. The van der Waals surface area contributed by atoms with E-state index in [1.165, 1.54) is 6.20 Å². The average molecular weight is 164 g/mol. The molecule has 0 bridgehead atoms. The van der Waals surface area contributed by atoms with Gasteiger partial charge in [-0.05, 0) is 18.6 Å². The average Bonchev–Trinajstić information content (AvgIpc) is 2.06. The summed E-state index contributed by atoms with van der Waals surface area (Å²) in [5.41, 5.74) is 6.52. The molecule has 0 saturated heterocycles. The second kappa shape index (κ2) is 3.85. The predicted octanol–water partition coefficient (Wildman–Crippen LogP) is 1.65. The number of hydrogen-bond acceptors (Lipinski definition) is 3. The number of nitrogens with zero attached hydrogens (tertiary/aromatic N) is 1. The van der Waals surface area contributed by atoms with E-state index in [-0.39, 0.29) is 5.78 Å². The topological polar surface area (TPSA) is 56.0 Å². The van der Waals surface area contributed by atoms with E-state index < -0.39 is 0 Å². The first kappa shape index (κ1) is 8.71. The summed E-state index contributed by atoms with van der Waals surface area (Å²) in [6, 6.07) is 3.35. The number of nitrogens with two attached hydrogens (primary N) is 1. The van der Waals surface area contributed by atoms with E-state index in [4.69, 9.17) is 5.73 Å². The summed E-state index contributed by atoms with van der Waals surface area (Å²) < 4.78 is 0. The third kappa shape index (κ3) is 2.05. The molecule has 3 heteroatoms. The van der Waals surface area contributed by atoms with E-state index in [0.717, 1.165) is 6.42 Å². The molecule has 1 rings (SSSR count). The number of ketones is 1. The Morgan fingerprint density at radius 2 is 2.33 bits per heavy atom. The Morgan fingerprint density at radius 3 is 2.83 bits per heavy atom. The van der Waals surface area contributed by atoms with Crippen LogP contribution < -0.4 is 5.73 Å². The molecule has 12 heavy (non-hydrogen) atoms. The number of pyridine rings is 1. The SMILES string of the molecule is CCCC(=O)c1ccc(N)cn1. The van der Waals surface area contributed by atoms with Crippen molar-refractivity contribution in [2.24, 2.45) is 0 Å². The van der Waals surface area contributed by atoms with Crippen LogP contribution in [-0.4, -0.2) is 10.8 Å². The van der Waals surface area contributed by atoms with Crippen molar-refractivity contribution >= 4 is 11.5 Å². The lowest BCUT2D eigenvalue weighted by Gasteiger charge is -1.97. The minimum absolute atomic E-state index is 0.0810. The highest BCUT2D eigenvalue weighted by molar-refractivity contribution is 5.94. The van der Waals surface area contributed by atoms with E-state index >= 15 is 0 Å². The van der Waals surface area contributed by atoms with Gasteiger partial charge >= 0.3 is 0 Å². The zero-order valence-corrected chi connectivity index (χ0v) is 7.08. The smallest absolute Gasteiger partial charge is 0.181 e. The fraction of sp³-hybridized carbons (Fsp3) is 0.333. The summed E-state index contributed by atoms with van der Waals surface area (Å²) in [4.78, 5) is 15.2. The van der Waals surface area contributed by atoms with Crippen molar-refractivity contribution in [2.45, 2.75) is 19.8 Å². The molecule has 1 heterocycles. The Morgan fingerprint density at radius 1 is 1.58 bits per heavy atom. The van der Waals surface area contributed by atoms with Crippen molar-refractivity contribution < 1.29 is 4.79 Å². The van der Waals surface area contributed by atoms with Gasteiger partial charge < -0.3 is 5.73 Å². The highest BCUT2D eigenvalue weighted by Gasteiger charge is 2.04. The maximum absolute atomic E-state index is 11.3. The van der Waals surface area contributed by atoms with E-state index in [1.54, 1.807) is 12.1 Å². The van der Waals surface area contributed by atoms with Crippen molar-refractivity contribution in [3.8, 4) is 0 Å². The van der Waals surface area contributed by atoms with Gasteiger partial charge in [0.05, 0.1) is 11.9 Å². The molecule has 1 aromatic heterocycles. The second-order valence-corrected chi connectivity index (χ2v) is 2.65. The molecule has 3 nitrogen and oxygen atoms in total. The summed E-state index contributed by atoms with van der Waals surface area (Å²) in [6.45, 7) is 1.97. The van der Waals surface area contributed by atoms with Gasteiger partial charge in [0, 0.05) is 6.42 Å². The monoisotopic (exact) mass is 164 g/mol. The van der Waals surface area contributed by atoms with E-state index in [9.17, 15) is 4.79 Å². The zero-order valence-electron chi connectivity index (χ0n) is 7.08. The molecule has 0 fully saturated rings. The summed E-state index contributed by atoms with van der Waals surface area (Å²) in [6.07, 6.45) is 2.91. The Kier molecular flexibility index (Phi) is 2.80. The molecule has 0 aliphatic heterocycles. The quantitative estimate of drug-likeness (QED) is 0.691. The van der Waals surface area contributed by atoms with Crippen LogP contribution in [0, 0.1) is 0 Å². The van der Waals surface area contributed by atoms with E-state index in [1.807, 2.05) is 6.92 Å². The first-order chi connectivity index (χ1) is 5.74. The summed E-state index contributed by atoms with van der Waals surface area (Å²) in [5, 5.41) is 0. The molecule has 0 amide bonds. The first-order valence-electron chi connectivity index (χ1n) is 3.98. The third-order valence-corrected chi connectivity index (χ3v) is 1.55. The van der Waals surface area contributed by atoms with Crippen LogP contribution in [0.3, 0.4) is 0 Å². The fourth-order valence-electron chi connectivity index (χ4n) is 0.925. The van der Waals surface area contributed by atoms with Crippen LogP contribution in [0.1, 0.15) is 30.3 Å². The van der Waals surface area contributed by atoms with Crippen LogP contribution in [0.2, 0.25) is 0 Å². The van der Waals surface area contributed by atoms with E-state index in [2.05, 4.69) is 4.98 Å². The lowest BCUT2D eigenvalue weighted by atomic mass is 10.1. The van der Waals surface area contributed by atoms with Gasteiger partial charge in [-0.3, -0.25) is 9.78 Å². The van der Waals surface area contributed by atoms with E-state index in [0.29, 0.717) is 17.8 Å². The van der Waals surface area contributed by atoms with Gasteiger partial charge in [0.1, 0.15) is 5.69 Å². The van der Waals surface area contributed by atoms with Crippen LogP contribution in [0.5, 0.6) is 0 Å². The number of anilines is 1. The largest absolute Gasteiger partial charge is 0.397 e. The number of aromatic nitrogens is 1. The third-order valence-electron chi connectivity index (χ3n) is 1.55. The number of carbonyl (C=O) groups is 1. The Bertz CT molecular complexity index is 266. The van der Waals surface area contributed by atoms with Crippen LogP contribution in [0.15, 0.2) is 18.3 Å². The van der Waals surface area contributed by atoms with Gasteiger partial charge in [0.15, 0.2) is 5.78 Å². The Hall–Kier alpha value is -1.38. The summed E-state index contributed by atoms with van der Waals surface area (Å²) >= 11 is 0. The highest BCUT2D eigenvalue weighted by Crippen LogP contribution is 2.04. The number of carbonyl (C=O) groups excluding carboxylic acids is 1. The van der Waals surface area contributed by atoms with Gasteiger partial charge in [0.2, 0.25) is 0 Å². The molecule has 0 unspecified atom stereocenters. The van der Waals surface area contributed by atoms with Crippen LogP contribution >= 0.6 is 0 Å². The van der Waals surface area contributed by atoms with Crippen LogP contribution in [0.25, 0.3) is 0 Å². The van der Waals surface area contributed by atoms with Gasteiger partial charge in [-0.2, -0.15) is 0 Å². The van der Waals surface area contributed by atoms with Crippen LogP contribution in [-0.2, 0) is 0 Å². The van der Waals surface area contributed by atoms with Crippen molar-refractivity contribution in [2.75, 3.05) is 5.73 Å². The molecule has 0 aliphatic rings. The molecule has 2 N–H and O–H groups in total. The second-order valence-electron chi connectivity index (χ2n) is 2.65. The maximum Gasteiger partial charge on any atom is 0.181 e. The molecular weight excluding hydrogens is 152 g/mol. The standard InChI is InChI=1S/C9H12N2O/c1-2-3-9(12)8-5-4-7(10)6-11-8/h4-6H,2-3,10H2,1H3. The lowest BCUT2D eigenvalue weighted by molar-refractivity contribution is 0.0977. The van der Waals surface area contributed by atoms with Crippen molar-refractivity contribution in [3.05, 3.63) is 24.0 Å². The number of rotatable bonds is 3. The molecule has 0 radical (unpaired) electrons. The summed E-state index contributed by atoms with van der Waals surface area (Å²) in [7, 11) is 0. The molecule has 1 aromatic rings. The fourth-order valence-corrected chi connectivity index (χ4v) is 0.925. The molecule has 0 aliphatic carbocycles. The lowest BCUT2D eigenvalue weighted by Crippen LogP contribution is -2.01. The van der Waals surface area contributed by atoms with Crippen LogP contribution in [0.4, 0.5) is 5.69 Å².